The number of para-hydroxylation sites is 2. The minimum Gasteiger partial charge on any atom is -0.395 e. The molecule has 0 amide bonds. The summed E-state index contributed by atoms with van der Waals surface area (Å²) in [4.78, 5) is 0. The number of aryl methyl sites for hydroxylation is 1. The van der Waals surface area contributed by atoms with E-state index in [9.17, 15) is 4.57 Å². The average molecular weight is 439 g/mol. The van der Waals surface area contributed by atoms with Gasteiger partial charge in [0.1, 0.15) is 11.5 Å². The Morgan fingerprint density at radius 3 is 1.84 bits per heavy atom. The van der Waals surface area contributed by atoms with Gasteiger partial charge in [-0.3, -0.25) is 4.52 Å². The van der Waals surface area contributed by atoms with E-state index in [1.807, 2.05) is 36.4 Å². The fraction of sp³-hybridized carbons (Fsp3) is 0.308. The van der Waals surface area contributed by atoms with Crippen molar-refractivity contribution in [3.8, 4) is 11.5 Å². The molecule has 0 bridgehead atoms. The van der Waals surface area contributed by atoms with Gasteiger partial charge < -0.3 is 9.05 Å². The van der Waals surface area contributed by atoms with Gasteiger partial charge in [0.2, 0.25) is 0 Å². The number of phosphoric ester groups is 1. The van der Waals surface area contributed by atoms with Gasteiger partial charge in [0, 0.05) is 0 Å². The largest absolute Gasteiger partial charge is 0.587 e. The Morgan fingerprint density at radius 1 is 0.774 bits per heavy atom. The highest BCUT2D eigenvalue weighted by atomic mass is 31.2. The molecule has 3 aromatic rings. The maximum absolute atomic E-state index is 13.4. The molecule has 0 aliphatic carbocycles. The summed E-state index contributed by atoms with van der Waals surface area (Å²) in [6.07, 6.45) is 2.60. The van der Waals surface area contributed by atoms with E-state index in [-0.39, 0.29) is 12.0 Å². The Balaban J connectivity index is 1.67. The molecule has 0 fully saturated rings. The molecule has 5 heteroatoms. The van der Waals surface area contributed by atoms with E-state index in [1.54, 1.807) is 24.3 Å². The Bertz CT molecular complexity index is 941. The van der Waals surface area contributed by atoms with E-state index < -0.39 is 7.82 Å². The van der Waals surface area contributed by atoms with Crippen LogP contribution in [-0.4, -0.2) is 6.61 Å². The third-order valence-corrected chi connectivity index (χ3v) is 6.76. The van der Waals surface area contributed by atoms with Gasteiger partial charge >= 0.3 is 7.82 Å². The molecule has 0 saturated carbocycles. The van der Waals surface area contributed by atoms with Gasteiger partial charge in [-0.05, 0) is 60.1 Å². The molecule has 164 valence electrons. The van der Waals surface area contributed by atoms with Crippen LogP contribution in [0.3, 0.4) is 0 Å². The van der Waals surface area contributed by atoms with Crippen molar-refractivity contribution >= 4 is 7.82 Å². The van der Waals surface area contributed by atoms with Gasteiger partial charge in [0.05, 0.1) is 6.61 Å². The van der Waals surface area contributed by atoms with E-state index in [0.717, 1.165) is 12.8 Å². The molecule has 4 nitrogen and oxygen atoms in total. The van der Waals surface area contributed by atoms with Crippen LogP contribution in [0.2, 0.25) is 0 Å². The predicted molar refractivity (Wildman–Crippen MR) is 126 cm³/mol. The summed E-state index contributed by atoms with van der Waals surface area (Å²) in [5, 5.41) is 0. The van der Waals surface area contributed by atoms with Crippen molar-refractivity contribution < 1.29 is 18.1 Å². The third-order valence-electron chi connectivity index (χ3n) is 5.39. The van der Waals surface area contributed by atoms with Crippen LogP contribution in [0.4, 0.5) is 0 Å². The van der Waals surface area contributed by atoms with E-state index in [0.29, 0.717) is 17.9 Å². The van der Waals surface area contributed by atoms with Crippen LogP contribution in [-0.2, 0) is 20.9 Å². The highest BCUT2D eigenvalue weighted by Crippen LogP contribution is 2.49. The van der Waals surface area contributed by atoms with Crippen molar-refractivity contribution in [2.24, 2.45) is 0 Å². The SMILES string of the molecule is CCC(C)(C)c1ccccc1CCCOP(=O)(Oc1ccccc1)Oc1ccccc1. The monoisotopic (exact) mass is 438 g/mol. The number of phosphoric acid groups is 1. The smallest absolute Gasteiger partial charge is 0.395 e. The van der Waals surface area contributed by atoms with Gasteiger partial charge in [-0.25, -0.2) is 4.57 Å². The van der Waals surface area contributed by atoms with Crippen LogP contribution < -0.4 is 9.05 Å². The van der Waals surface area contributed by atoms with Crippen molar-refractivity contribution in [2.75, 3.05) is 6.61 Å². The van der Waals surface area contributed by atoms with Crippen LogP contribution in [0.1, 0.15) is 44.7 Å². The van der Waals surface area contributed by atoms with Crippen molar-refractivity contribution in [1.82, 2.24) is 0 Å². The summed E-state index contributed by atoms with van der Waals surface area (Å²) in [5.74, 6) is 0.883. The summed E-state index contributed by atoms with van der Waals surface area (Å²) >= 11 is 0. The van der Waals surface area contributed by atoms with Crippen LogP contribution in [0.15, 0.2) is 84.9 Å². The highest BCUT2D eigenvalue weighted by Gasteiger charge is 2.31. The Hall–Kier alpha value is -2.55. The molecule has 0 unspecified atom stereocenters. The summed E-state index contributed by atoms with van der Waals surface area (Å²) < 4.78 is 30.4. The molecule has 0 aromatic heterocycles. The molecule has 0 heterocycles. The molecule has 0 aliphatic rings. The van der Waals surface area contributed by atoms with Crippen LogP contribution >= 0.6 is 7.82 Å². The second-order valence-electron chi connectivity index (χ2n) is 8.09. The Morgan fingerprint density at radius 2 is 1.29 bits per heavy atom. The first kappa shape index (κ1) is 23.1. The molecule has 0 N–H and O–H groups in total. The third kappa shape index (κ3) is 6.72. The first-order valence-corrected chi connectivity index (χ1v) is 12.2. The molecule has 0 spiro atoms. The molecular weight excluding hydrogens is 407 g/mol. The maximum Gasteiger partial charge on any atom is 0.587 e. The Kier molecular flexibility index (Phi) is 7.95. The van der Waals surface area contributed by atoms with Crippen molar-refractivity contribution in [3.63, 3.8) is 0 Å². The Labute approximate surface area is 185 Å². The second-order valence-corrected chi connectivity index (χ2v) is 9.61. The number of hydrogen-bond donors (Lipinski definition) is 0. The highest BCUT2D eigenvalue weighted by molar-refractivity contribution is 7.49. The zero-order valence-electron chi connectivity index (χ0n) is 18.5. The summed E-state index contributed by atoms with van der Waals surface area (Å²) in [7, 11) is -3.83. The average Bonchev–Trinajstić information content (AvgIpc) is 2.78. The normalized spacial score (nSPS) is 11.8. The summed E-state index contributed by atoms with van der Waals surface area (Å²) in [6, 6.07) is 26.4. The maximum atomic E-state index is 13.4. The van der Waals surface area contributed by atoms with Gasteiger partial charge in [0.25, 0.3) is 0 Å². The van der Waals surface area contributed by atoms with Crippen molar-refractivity contribution in [1.29, 1.82) is 0 Å². The summed E-state index contributed by atoms with van der Waals surface area (Å²) in [6.45, 7) is 6.99. The van der Waals surface area contributed by atoms with Gasteiger partial charge in [-0.1, -0.05) is 81.4 Å². The molecule has 31 heavy (non-hydrogen) atoms. The zero-order chi connectivity index (χ0) is 22.2. The molecule has 0 aliphatic heterocycles. The zero-order valence-corrected chi connectivity index (χ0v) is 19.4. The lowest BCUT2D eigenvalue weighted by Gasteiger charge is -2.26. The lowest BCUT2D eigenvalue weighted by atomic mass is 9.79. The lowest BCUT2D eigenvalue weighted by Crippen LogP contribution is -2.18. The van der Waals surface area contributed by atoms with E-state index >= 15 is 0 Å². The van der Waals surface area contributed by atoms with Crippen molar-refractivity contribution in [2.45, 2.75) is 45.4 Å². The van der Waals surface area contributed by atoms with E-state index in [1.165, 1.54) is 11.1 Å². The quantitative estimate of drug-likeness (QED) is 0.228. The van der Waals surface area contributed by atoms with Crippen LogP contribution in [0.5, 0.6) is 11.5 Å². The fourth-order valence-electron chi connectivity index (χ4n) is 3.32. The van der Waals surface area contributed by atoms with Gasteiger partial charge in [-0.2, -0.15) is 0 Å². The molecule has 0 radical (unpaired) electrons. The van der Waals surface area contributed by atoms with Crippen molar-refractivity contribution in [3.05, 3.63) is 96.1 Å². The topological polar surface area (TPSA) is 44.8 Å². The molecule has 3 aromatic carbocycles. The molecule has 3 rings (SSSR count). The van der Waals surface area contributed by atoms with E-state index in [2.05, 4.69) is 45.0 Å². The van der Waals surface area contributed by atoms with E-state index in [4.69, 9.17) is 13.6 Å². The molecular formula is C26H31O4P. The first-order chi connectivity index (χ1) is 14.9. The predicted octanol–water partition coefficient (Wildman–Crippen LogP) is 7.59. The lowest BCUT2D eigenvalue weighted by molar-refractivity contribution is 0.207. The number of hydrogen-bond acceptors (Lipinski definition) is 4. The fourth-order valence-corrected chi connectivity index (χ4v) is 4.58. The van der Waals surface area contributed by atoms with Crippen LogP contribution in [0, 0.1) is 0 Å². The number of benzene rings is 3. The molecule has 0 atom stereocenters. The minimum absolute atomic E-state index is 0.111. The standard InChI is InChI=1S/C26H31O4P/c1-4-26(2,3)25-20-12-11-14-22(25)15-13-21-28-31(27,29-23-16-7-5-8-17-23)30-24-18-9-6-10-19-24/h5-12,14,16-20H,4,13,15,21H2,1-3H3. The first-order valence-electron chi connectivity index (χ1n) is 10.7. The second kappa shape index (κ2) is 10.7. The van der Waals surface area contributed by atoms with Crippen LogP contribution in [0.25, 0.3) is 0 Å². The summed E-state index contributed by atoms with van der Waals surface area (Å²) in [5.41, 5.74) is 2.75. The van der Waals surface area contributed by atoms with Gasteiger partial charge in [0.15, 0.2) is 0 Å². The minimum atomic E-state index is -3.83. The number of rotatable bonds is 11. The molecule has 0 saturated heterocycles. The van der Waals surface area contributed by atoms with Gasteiger partial charge in [-0.15, -0.1) is 0 Å².